The van der Waals surface area contributed by atoms with Gasteiger partial charge in [0, 0.05) is 19.2 Å². The number of amides is 1. The largest absolute Gasteiger partial charge is 0.490 e. The normalized spacial score (nSPS) is 11.1. The monoisotopic (exact) mass is 420 g/mol. The lowest BCUT2D eigenvalue weighted by molar-refractivity contribution is 0.0950. The highest BCUT2D eigenvalue weighted by Gasteiger charge is 2.18. The van der Waals surface area contributed by atoms with E-state index in [9.17, 15) is 13.2 Å². The summed E-state index contributed by atoms with van der Waals surface area (Å²) < 4.78 is 36.0. The van der Waals surface area contributed by atoms with Crippen molar-refractivity contribution in [2.75, 3.05) is 30.8 Å². The van der Waals surface area contributed by atoms with Crippen molar-refractivity contribution >= 4 is 21.6 Å². The number of carbonyl (C=O) groups excluding carboxylic acids is 1. The van der Waals surface area contributed by atoms with Crippen LogP contribution in [0.15, 0.2) is 36.4 Å². The molecule has 8 heteroatoms. The molecule has 0 aromatic heterocycles. The number of nitrogens with one attached hydrogen (secondary N) is 1. The summed E-state index contributed by atoms with van der Waals surface area (Å²) in [7, 11) is -1.95. The maximum atomic E-state index is 12.7. The highest BCUT2D eigenvalue weighted by Crippen LogP contribution is 2.29. The third kappa shape index (κ3) is 5.63. The van der Waals surface area contributed by atoms with Gasteiger partial charge in [-0.15, -0.1) is 0 Å². The molecular formula is C21H28N2O5S. The van der Waals surface area contributed by atoms with Crippen molar-refractivity contribution in [1.82, 2.24) is 5.32 Å². The lowest BCUT2D eigenvalue weighted by Crippen LogP contribution is -2.28. The van der Waals surface area contributed by atoms with Crippen LogP contribution < -0.4 is 19.1 Å². The van der Waals surface area contributed by atoms with E-state index in [-0.39, 0.29) is 5.91 Å². The fraction of sp³-hybridized carbons (Fsp3) is 0.381. The van der Waals surface area contributed by atoms with Crippen LogP contribution in [0.3, 0.4) is 0 Å². The average molecular weight is 421 g/mol. The van der Waals surface area contributed by atoms with Crippen LogP contribution in [0, 0.1) is 6.92 Å². The fourth-order valence-electron chi connectivity index (χ4n) is 2.87. The van der Waals surface area contributed by atoms with Crippen molar-refractivity contribution in [3.8, 4) is 11.5 Å². The molecule has 0 spiro atoms. The Morgan fingerprint density at radius 1 is 1.07 bits per heavy atom. The molecule has 0 aliphatic rings. The van der Waals surface area contributed by atoms with Crippen molar-refractivity contribution in [1.29, 1.82) is 0 Å². The fourth-order valence-corrected chi connectivity index (χ4v) is 3.43. The molecule has 2 rings (SSSR count). The molecule has 29 heavy (non-hydrogen) atoms. The van der Waals surface area contributed by atoms with Gasteiger partial charge in [0.1, 0.15) is 0 Å². The van der Waals surface area contributed by atoms with Crippen LogP contribution in [0.2, 0.25) is 0 Å². The zero-order chi connectivity index (χ0) is 21.6. The lowest BCUT2D eigenvalue weighted by Gasteiger charge is -2.20. The number of hydrogen-bond acceptors (Lipinski definition) is 5. The van der Waals surface area contributed by atoms with E-state index in [0.29, 0.717) is 48.1 Å². The molecule has 0 aliphatic carbocycles. The molecule has 0 saturated carbocycles. The molecule has 158 valence electrons. The minimum absolute atomic E-state index is 0.280. The van der Waals surface area contributed by atoms with E-state index in [1.165, 1.54) is 11.4 Å². The van der Waals surface area contributed by atoms with Gasteiger partial charge in [-0.25, -0.2) is 8.42 Å². The topological polar surface area (TPSA) is 84.9 Å². The highest BCUT2D eigenvalue weighted by atomic mass is 32.2. The quantitative estimate of drug-likeness (QED) is 0.674. The van der Waals surface area contributed by atoms with Gasteiger partial charge in [0.2, 0.25) is 10.0 Å². The molecule has 0 atom stereocenters. The number of carbonyl (C=O) groups is 1. The Kier molecular flexibility index (Phi) is 7.50. The minimum atomic E-state index is -3.42. The number of benzene rings is 2. The molecule has 0 fully saturated rings. The predicted octanol–water partition coefficient (Wildman–Crippen LogP) is 3.12. The summed E-state index contributed by atoms with van der Waals surface area (Å²) in [4.78, 5) is 12.7. The van der Waals surface area contributed by atoms with Crippen molar-refractivity contribution in [3.63, 3.8) is 0 Å². The molecule has 1 amide bonds. The SMILES string of the molecule is CCOc1ccc(CNC(=O)c2cccc(N(C)S(C)(=O)=O)c2C)cc1OCC. The van der Waals surface area contributed by atoms with E-state index >= 15 is 0 Å². The van der Waals surface area contributed by atoms with Crippen LogP contribution in [0.5, 0.6) is 11.5 Å². The van der Waals surface area contributed by atoms with E-state index < -0.39 is 10.0 Å². The summed E-state index contributed by atoms with van der Waals surface area (Å²) in [5.41, 5.74) is 2.36. The van der Waals surface area contributed by atoms with Crippen LogP contribution in [0.1, 0.15) is 35.3 Å². The van der Waals surface area contributed by atoms with Gasteiger partial charge in [-0.1, -0.05) is 12.1 Å². The summed E-state index contributed by atoms with van der Waals surface area (Å²) in [5.74, 6) is 1.02. The molecule has 0 bridgehead atoms. The van der Waals surface area contributed by atoms with E-state index in [1.807, 2.05) is 32.0 Å². The molecular weight excluding hydrogens is 392 g/mol. The molecule has 2 aromatic carbocycles. The van der Waals surface area contributed by atoms with E-state index in [2.05, 4.69) is 5.32 Å². The van der Waals surface area contributed by atoms with Gasteiger partial charge in [0.05, 0.1) is 25.2 Å². The smallest absolute Gasteiger partial charge is 0.251 e. The number of ether oxygens (including phenoxy) is 2. The Bertz CT molecular complexity index is 973. The van der Waals surface area contributed by atoms with Gasteiger partial charge in [-0.05, 0) is 56.2 Å². The highest BCUT2D eigenvalue weighted by molar-refractivity contribution is 7.92. The van der Waals surface area contributed by atoms with Gasteiger partial charge >= 0.3 is 0 Å². The second-order valence-electron chi connectivity index (χ2n) is 6.51. The Hall–Kier alpha value is -2.74. The first-order valence-corrected chi connectivity index (χ1v) is 11.2. The number of sulfonamides is 1. The number of rotatable bonds is 9. The summed E-state index contributed by atoms with van der Waals surface area (Å²) in [6, 6.07) is 10.6. The number of nitrogens with zero attached hydrogens (tertiary/aromatic N) is 1. The molecule has 1 N–H and O–H groups in total. The van der Waals surface area contributed by atoms with Crippen LogP contribution in [-0.4, -0.2) is 40.8 Å². The third-order valence-electron chi connectivity index (χ3n) is 4.45. The Morgan fingerprint density at radius 2 is 1.72 bits per heavy atom. The minimum Gasteiger partial charge on any atom is -0.490 e. The van der Waals surface area contributed by atoms with E-state index in [4.69, 9.17) is 9.47 Å². The van der Waals surface area contributed by atoms with Crippen molar-refractivity contribution in [2.24, 2.45) is 0 Å². The van der Waals surface area contributed by atoms with Gasteiger partial charge in [-0.2, -0.15) is 0 Å². The molecule has 0 heterocycles. The third-order valence-corrected chi connectivity index (χ3v) is 5.64. The first kappa shape index (κ1) is 22.5. The Morgan fingerprint density at radius 3 is 2.34 bits per heavy atom. The molecule has 0 saturated heterocycles. The summed E-state index contributed by atoms with van der Waals surface area (Å²) in [6.45, 7) is 6.88. The maximum absolute atomic E-state index is 12.7. The van der Waals surface area contributed by atoms with Gasteiger partial charge in [-0.3, -0.25) is 9.10 Å². The van der Waals surface area contributed by atoms with Gasteiger partial charge in [0.15, 0.2) is 11.5 Å². The van der Waals surface area contributed by atoms with Crippen molar-refractivity contribution in [2.45, 2.75) is 27.3 Å². The summed E-state index contributed by atoms with van der Waals surface area (Å²) in [6.07, 6.45) is 1.13. The molecule has 2 aromatic rings. The van der Waals surface area contributed by atoms with E-state index in [1.54, 1.807) is 25.1 Å². The molecule has 0 radical (unpaired) electrons. The zero-order valence-electron chi connectivity index (χ0n) is 17.5. The average Bonchev–Trinajstić information content (AvgIpc) is 2.67. The molecule has 0 aliphatic heterocycles. The summed E-state index contributed by atoms with van der Waals surface area (Å²) in [5, 5.41) is 2.88. The Balaban J connectivity index is 2.18. The van der Waals surface area contributed by atoms with Crippen LogP contribution >= 0.6 is 0 Å². The van der Waals surface area contributed by atoms with Crippen molar-refractivity contribution < 1.29 is 22.7 Å². The first-order valence-electron chi connectivity index (χ1n) is 9.39. The van der Waals surface area contributed by atoms with Crippen molar-refractivity contribution in [3.05, 3.63) is 53.1 Å². The molecule has 7 nitrogen and oxygen atoms in total. The summed E-state index contributed by atoms with van der Waals surface area (Å²) >= 11 is 0. The van der Waals surface area contributed by atoms with Crippen LogP contribution in [0.4, 0.5) is 5.69 Å². The second-order valence-corrected chi connectivity index (χ2v) is 8.52. The van der Waals surface area contributed by atoms with Crippen LogP contribution in [-0.2, 0) is 16.6 Å². The number of anilines is 1. The predicted molar refractivity (Wildman–Crippen MR) is 114 cm³/mol. The van der Waals surface area contributed by atoms with Gasteiger partial charge in [0.25, 0.3) is 5.91 Å². The van der Waals surface area contributed by atoms with Crippen LogP contribution in [0.25, 0.3) is 0 Å². The molecule has 0 unspecified atom stereocenters. The van der Waals surface area contributed by atoms with Gasteiger partial charge < -0.3 is 14.8 Å². The Labute approximate surface area is 172 Å². The first-order chi connectivity index (χ1) is 13.7. The lowest BCUT2D eigenvalue weighted by atomic mass is 10.1. The zero-order valence-corrected chi connectivity index (χ0v) is 18.3. The standard InChI is InChI=1S/C21H28N2O5S/c1-6-27-19-12-11-16(13-20(19)28-7-2)14-22-21(24)17-9-8-10-18(15(17)3)23(4)29(5,25)26/h8-13H,6-7,14H2,1-5H3,(H,22,24). The second kappa shape index (κ2) is 9.65. The number of hydrogen-bond donors (Lipinski definition) is 1. The maximum Gasteiger partial charge on any atom is 0.251 e. The van der Waals surface area contributed by atoms with E-state index in [0.717, 1.165) is 11.8 Å².